The second-order valence-corrected chi connectivity index (χ2v) is 6.83. The van der Waals surface area contributed by atoms with E-state index in [-0.39, 0.29) is 5.41 Å². The third-order valence-electron chi connectivity index (χ3n) is 4.83. The number of nitrogens with one attached hydrogen (secondary N) is 1. The molecule has 0 heterocycles. The molecule has 0 aliphatic heterocycles. The summed E-state index contributed by atoms with van der Waals surface area (Å²) < 4.78 is 5.78. The fourth-order valence-electron chi connectivity index (χ4n) is 3.12. The molecule has 2 rings (SSSR count). The van der Waals surface area contributed by atoms with Crippen LogP contribution in [0.3, 0.4) is 0 Å². The van der Waals surface area contributed by atoms with Crippen LogP contribution in [0.15, 0.2) is 24.3 Å². The quantitative estimate of drug-likeness (QED) is 0.808. The largest absolute Gasteiger partial charge is 0.508 e. The van der Waals surface area contributed by atoms with Crippen molar-refractivity contribution in [1.82, 2.24) is 5.32 Å². The molecule has 2 N–H and O–H groups in total. The van der Waals surface area contributed by atoms with Crippen LogP contribution in [-0.2, 0) is 11.2 Å². The molecule has 1 aromatic carbocycles. The van der Waals surface area contributed by atoms with Gasteiger partial charge in [-0.1, -0.05) is 26.0 Å². The minimum absolute atomic E-state index is 0.225. The highest BCUT2D eigenvalue weighted by Gasteiger charge is 2.48. The third kappa shape index (κ3) is 3.98. The molecule has 3 heteroatoms. The Morgan fingerprint density at radius 1 is 1.33 bits per heavy atom. The molecule has 0 amide bonds. The monoisotopic (exact) mass is 291 g/mol. The van der Waals surface area contributed by atoms with Crippen LogP contribution in [0, 0.1) is 5.41 Å². The average molecular weight is 291 g/mol. The number of aromatic hydroxyl groups is 1. The molecule has 3 nitrogen and oxygen atoms in total. The van der Waals surface area contributed by atoms with Gasteiger partial charge in [-0.05, 0) is 50.8 Å². The van der Waals surface area contributed by atoms with Gasteiger partial charge in [-0.2, -0.15) is 0 Å². The minimum Gasteiger partial charge on any atom is -0.508 e. The van der Waals surface area contributed by atoms with E-state index in [1.165, 1.54) is 5.56 Å². The molecule has 0 bridgehead atoms. The molecule has 1 aliphatic rings. The van der Waals surface area contributed by atoms with Gasteiger partial charge < -0.3 is 15.2 Å². The van der Waals surface area contributed by atoms with E-state index in [4.69, 9.17) is 4.74 Å². The Hall–Kier alpha value is -1.06. The van der Waals surface area contributed by atoms with Gasteiger partial charge in [0, 0.05) is 24.1 Å². The van der Waals surface area contributed by atoms with Crippen LogP contribution in [0.2, 0.25) is 0 Å². The molecule has 3 atom stereocenters. The van der Waals surface area contributed by atoms with Gasteiger partial charge in [0.05, 0.1) is 6.10 Å². The molecule has 21 heavy (non-hydrogen) atoms. The van der Waals surface area contributed by atoms with E-state index in [0.717, 1.165) is 25.9 Å². The van der Waals surface area contributed by atoms with E-state index in [1.807, 2.05) is 12.1 Å². The zero-order chi connectivity index (χ0) is 15.5. The molecule has 1 saturated carbocycles. The number of aryl methyl sites for hydroxylation is 1. The van der Waals surface area contributed by atoms with Crippen molar-refractivity contribution in [3.8, 4) is 5.75 Å². The van der Waals surface area contributed by atoms with Gasteiger partial charge in [-0.15, -0.1) is 0 Å². The molecule has 0 radical (unpaired) electrons. The standard InChI is InChI=1S/C18H29NO2/c1-5-21-17-12-16(18(17,3)4)19-13(2)6-7-14-8-10-15(20)11-9-14/h8-11,13,16-17,19-20H,5-7,12H2,1-4H3. The van der Waals surface area contributed by atoms with Crippen LogP contribution >= 0.6 is 0 Å². The molecular formula is C18H29NO2. The van der Waals surface area contributed by atoms with Gasteiger partial charge in [-0.25, -0.2) is 0 Å². The number of ether oxygens (including phenoxy) is 1. The summed E-state index contributed by atoms with van der Waals surface area (Å²) >= 11 is 0. The number of hydrogen-bond acceptors (Lipinski definition) is 3. The maximum atomic E-state index is 9.29. The molecule has 1 aliphatic carbocycles. The van der Waals surface area contributed by atoms with Crippen LogP contribution < -0.4 is 5.32 Å². The Morgan fingerprint density at radius 2 is 2.00 bits per heavy atom. The Balaban J connectivity index is 1.75. The first-order valence-electron chi connectivity index (χ1n) is 8.09. The second kappa shape index (κ2) is 6.80. The molecule has 0 spiro atoms. The lowest BCUT2D eigenvalue weighted by Crippen LogP contribution is -2.62. The Morgan fingerprint density at radius 3 is 2.57 bits per heavy atom. The smallest absolute Gasteiger partial charge is 0.115 e. The van der Waals surface area contributed by atoms with Gasteiger partial charge in [0.25, 0.3) is 0 Å². The molecule has 118 valence electrons. The average Bonchev–Trinajstić information content (AvgIpc) is 2.45. The summed E-state index contributed by atoms with van der Waals surface area (Å²) in [6.07, 6.45) is 3.65. The maximum Gasteiger partial charge on any atom is 0.115 e. The van der Waals surface area contributed by atoms with Crippen LogP contribution in [0.1, 0.15) is 46.1 Å². The van der Waals surface area contributed by atoms with Crippen molar-refractivity contribution in [2.75, 3.05) is 6.61 Å². The lowest BCUT2D eigenvalue weighted by Gasteiger charge is -2.52. The summed E-state index contributed by atoms with van der Waals surface area (Å²) in [5, 5.41) is 13.0. The third-order valence-corrected chi connectivity index (χ3v) is 4.83. The van der Waals surface area contributed by atoms with Crippen molar-refractivity contribution in [1.29, 1.82) is 0 Å². The normalized spacial score (nSPS) is 25.3. The zero-order valence-corrected chi connectivity index (χ0v) is 13.7. The summed E-state index contributed by atoms with van der Waals surface area (Å²) in [4.78, 5) is 0. The van der Waals surface area contributed by atoms with Crippen LogP contribution in [0.25, 0.3) is 0 Å². The molecule has 0 saturated heterocycles. The lowest BCUT2D eigenvalue weighted by molar-refractivity contribution is -0.116. The summed E-state index contributed by atoms with van der Waals surface area (Å²) in [5.41, 5.74) is 1.50. The maximum absolute atomic E-state index is 9.29. The van der Waals surface area contributed by atoms with Crippen molar-refractivity contribution in [2.24, 2.45) is 5.41 Å². The Kier molecular flexibility index (Phi) is 5.28. The van der Waals surface area contributed by atoms with Crippen LogP contribution in [-0.4, -0.2) is 29.9 Å². The number of rotatable bonds is 7. The van der Waals surface area contributed by atoms with Crippen molar-refractivity contribution in [2.45, 2.75) is 65.1 Å². The topological polar surface area (TPSA) is 41.5 Å². The highest BCUT2D eigenvalue weighted by atomic mass is 16.5. The van der Waals surface area contributed by atoms with Crippen molar-refractivity contribution >= 4 is 0 Å². The van der Waals surface area contributed by atoms with Crippen molar-refractivity contribution in [3.05, 3.63) is 29.8 Å². The summed E-state index contributed by atoms with van der Waals surface area (Å²) in [7, 11) is 0. The summed E-state index contributed by atoms with van der Waals surface area (Å²) in [6, 6.07) is 8.56. The molecule has 1 aromatic rings. The van der Waals surface area contributed by atoms with Crippen molar-refractivity contribution < 1.29 is 9.84 Å². The van der Waals surface area contributed by atoms with Crippen molar-refractivity contribution in [3.63, 3.8) is 0 Å². The molecule has 3 unspecified atom stereocenters. The second-order valence-electron chi connectivity index (χ2n) is 6.83. The summed E-state index contributed by atoms with van der Waals surface area (Å²) in [5.74, 6) is 0.336. The van der Waals surface area contributed by atoms with E-state index in [9.17, 15) is 5.11 Å². The molecule has 1 fully saturated rings. The fourth-order valence-corrected chi connectivity index (χ4v) is 3.12. The van der Waals surface area contributed by atoms with Gasteiger partial charge in [-0.3, -0.25) is 0 Å². The summed E-state index contributed by atoms with van der Waals surface area (Å²) in [6.45, 7) is 9.71. The van der Waals surface area contributed by atoms with E-state index in [0.29, 0.717) is 23.9 Å². The first-order valence-corrected chi connectivity index (χ1v) is 8.09. The van der Waals surface area contributed by atoms with Gasteiger partial charge in [0.15, 0.2) is 0 Å². The lowest BCUT2D eigenvalue weighted by atomic mass is 9.64. The van der Waals surface area contributed by atoms with E-state index >= 15 is 0 Å². The van der Waals surface area contributed by atoms with Crippen LogP contribution in [0.5, 0.6) is 5.75 Å². The van der Waals surface area contributed by atoms with Gasteiger partial charge in [0.2, 0.25) is 0 Å². The van der Waals surface area contributed by atoms with Gasteiger partial charge in [0.1, 0.15) is 5.75 Å². The Bertz CT molecular complexity index is 441. The molecular weight excluding hydrogens is 262 g/mol. The predicted molar refractivity (Wildman–Crippen MR) is 86.6 cm³/mol. The first-order chi connectivity index (χ1) is 9.93. The van der Waals surface area contributed by atoms with E-state index in [2.05, 4.69) is 33.0 Å². The van der Waals surface area contributed by atoms with Gasteiger partial charge >= 0.3 is 0 Å². The highest BCUT2D eigenvalue weighted by molar-refractivity contribution is 5.25. The van der Waals surface area contributed by atoms with E-state index in [1.54, 1.807) is 12.1 Å². The SMILES string of the molecule is CCOC1CC(NC(C)CCc2ccc(O)cc2)C1(C)C. The predicted octanol–water partition coefficient (Wildman–Crippen LogP) is 3.51. The first kappa shape index (κ1) is 16.3. The number of phenols is 1. The number of benzene rings is 1. The van der Waals surface area contributed by atoms with Crippen LogP contribution in [0.4, 0.5) is 0 Å². The zero-order valence-electron chi connectivity index (χ0n) is 13.7. The number of phenolic OH excluding ortho intramolecular Hbond substituents is 1. The Labute approximate surface area is 128 Å². The molecule has 0 aromatic heterocycles. The minimum atomic E-state index is 0.225. The fraction of sp³-hybridized carbons (Fsp3) is 0.667. The highest BCUT2D eigenvalue weighted by Crippen LogP contribution is 2.43. The number of hydrogen-bond donors (Lipinski definition) is 2. The van der Waals surface area contributed by atoms with E-state index < -0.39 is 0 Å².